The molecule has 94 valence electrons. The van der Waals surface area contributed by atoms with Gasteiger partial charge in [-0.1, -0.05) is 0 Å². The van der Waals surface area contributed by atoms with Crippen LogP contribution >= 0.6 is 0 Å². The van der Waals surface area contributed by atoms with E-state index in [4.69, 9.17) is 0 Å². The maximum Gasteiger partial charge on any atom is 0.251 e. The van der Waals surface area contributed by atoms with Crippen molar-refractivity contribution in [1.29, 1.82) is 0 Å². The van der Waals surface area contributed by atoms with Crippen molar-refractivity contribution in [3.05, 3.63) is 48.0 Å². The molecule has 0 aliphatic rings. The first-order valence-corrected chi connectivity index (χ1v) is 5.89. The van der Waals surface area contributed by atoms with Gasteiger partial charge < -0.3 is 15.6 Å². The number of benzene rings is 1. The maximum absolute atomic E-state index is 11.6. The van der Waals surface area contributed by atoms with E-state index in [1.54, 1.807) is 24.7 Å². The molecule has 0 radical (unpaired) electrons. The zero-order valence-electron chi connectivity index (χ0n) is 10.2. The summed E-state index contributed by atoms with van der Waals surface area (Å²) in [5.74, 6) is -0.0439. The predicted molar refractivity (Wildman–Crippen MR) is 70.4 cm³/mol. The van der Waals surface area contributed by atoms with Crippen molar-refractivity contribution in [3.8, 4) is 0 Å². The molecule has 0 bridgehead atoms. The predicted octanol–water partition coefficient (Wildman–Crippen LogP) is 1.77. The highest BCUT2D eigenvalue weighted by Crippen LogP contribution is 2.10. The highest BCUT2D eigenvalue weighted by molar-refractivity contribution is 5.94. The average Bonchev–Trinajstić information content (AvgIpc) is 2.90. The maximum atomic E-state index is 11.6. The quantitative estimate of drug-likeness (QED) is 0.750. The minimum atomic E-state index is -0.0439. The van der Waals surface area contributed by atoms with Gasteiger partial charge in [0, 0.05) is 24.0 Å². The number of amides is 1. The number of carbonyl (C=O) groups excluding carboxylic acids is 1. The molecule has 1 heterocycles. The SMILES string of the molecule is CCNC(=O)c1ccc(NCc2cnc[nH]2)cc1. The Labute approximate surface area is 106 Å². The molecule has 0 spiro atoms. The van der Waals surface area contributed by atoms with E-state index in [9.17, 15) is 4.79 Å². The van der Waals surface area contributed by atoms with E-state index < -0.39 is 0 Å². The first kappa shape index (κ1) is 12.2. The van der Waals surface area contributed by atoms with Crippen molar-refractivity contribution >= 4 is 11.6 Å². The second kappa shape index (κ2) is 5.86. The summed E-state index contributed by atoms with van der Waals surface area (Å²) in [4.78, 5) is 18.5. The second-order valence-electron chi connectivity index (χ2n) is 3.87. The van der Waals surface area contributed by atoms with E-state index in [2.05, 4.69) is 20.6 Å². The molecular weight excluding hydrogens is 228 g/mol. The largest absolute Gasteiger partial charge is 0.379 e. The van der Waals surface area contributed by atoms with Crippen LogP contribution in [0.15, 0.2) is 36.8 Å². The average molecular weight is 244 g/mol. The smallest absolute Gasteiger partial charge is 0.251 e. The molecule has 0 saturated heterocycles. The third kappa shape index (κ3) is 3.10. The molecular formula is C13H16N4O. The number of nitrogens with zero attached hydrogens (tertiary/aromatic N) is 1. The van der Waals surface area contributed by atoms with E-state index in [1.807, 2.05) is 19.1 Å². The van der Waals surface area contributed by atoms with E-state index in [1.165, 1.54) is 0 Å². The molecule has 2 aromatic rings. The van der Waals surface area contributed by atoms with E-state index >= 15 is 0 Å². The highest BCUT2D eigenvalue weighted by atomic mass is 16.1. The summed E-state index contributed by atoms with van der Waals surface area (Å²) in [6, 6.07) is 7.39. The van der Waals surface area contributed by atoms with Crippen LogP contribution in [0.5, 0.6) is 0 Å². The fraction of sp³-hybridized carbons (Fsp3) is 0.231. The third-order valence-electron chi connectivity index (χ3n) is 2.52. The van der Waals surface area contributed by atoms with Gasteiger partial charge in [-0.05, 0) is 31.2 Å². The van der Waals surface area contributed by atoms with Crippen LogP contribution in [0.25, 0.3) is 0 Å². The Balaban J connectivity index is 1.93. The van der Waals surface area contributed by atoms with Crippen molar-refractivity contribution in [2.75, 3.05) is 11.9 Å². The Morgan fingerprint density at radius 1 is 1.33 bits per heavy atom. The molecule has 0 aliphatic heterocycles. The number of aromatic amines is 1. The molecule has 0 fully saturated rings. The number of hydrogen-bond donors (Lipinski definition) is 3. The van der Waals surface area contributed by atoms with Gasteiger partial charge >= 0.3 is 0 Å². The van der Waals surface area contributed by atoms with Crippen molar-refractivity contribution in [3.63, 3.8) is 0 Å². The molecule has 1 aromatic carbocycles. The van der Waals surface area contributed by atoms with Crippen LogP contribution in [0.1, 0.15) is 23.0 Å². The molecule has 3 N–H and O–H groups in total. The van der Waals surface area contributed by atoms with E-state index in [-0.39, 0.29) is 5.91 Å². The van der Waals surface area contributed by atoms with Crippen LogP contribution in [0.4, 0.5) is 5.69 Å². The number of rotatable bonds is 5. The molecule has 18 heavy (non-hydrogen) atoms. The third-order valence-corrected chi connectivity index (χ3v) is 2.52. The van der Waals surface area contributed by atoms with Gasteiger partial charge in [0.15, 0.2) is 0 Å². The van der Waals surface area contributed by atoms with E-state index in [0.717, 1.165) is 11.4 Å². The molecule has 2 rings (SSSR count). The number of anilines is 1. The molecule has 0 unspecified atom stereocenters. The molecule has 5 heteroatoms. The first-order valence-electron chi connectivity index (χ1n) is 5.89. The van der Waals surface area contributed by atoms with Crippen LogP contribution in [0.3, 0.4) is 0 Å². The monoisotopic (exact) mass is 244 g/mol. The summed E-state index contributed by atoms with van der Waals surface area (Å²) in [6.07, 6.45) is 3.42. The van der Waals surface area contributed by atoms with Crippen molar-refractivity contribution in [2.45, 2.75) is 13.5 Å². The summed E-state index contributed by atoms with van der Waals surface area (Å²) in [7, 11) is 0. The zero-order chi connectivity index (χ0) is 12.8. The fourth-order valence-electron chi connectivity index (χ4n) is 1.58. The normalized spacial score (nSPS) is 10.1. The molecule has 0 atom stereocenters. The van der Waals surface area contributed by atoms with Crippen molar-refractivity contribution in [2.24, 2.45) is 0 Å². The summed E-state index contributed by atoms with van der Waals surface area (Å²) >= 11 is 0. The Hall–Kier alpha value is -2.30. The number of imidazole rings is 1. The lowest BCUT2D eigenvalue weighted by molar-refractivity contribution is 0.0956. The molecule has 0 saturated carbocycles. The lowest BCUT2D eigenvalue weighted by atomic mass is 10.2. The summed E-state index contributed by atoms with van der Waals surface area (Å²) in [5.41, 5.74) is 2.66. The van der Waals surface area contributed by atoms with Crippen LogP contribution in [-0.2, 0) is 6.54 Å². The van der Waals surface area contributed by atoms with Gasteiger partial charge in [0.2, 0.25) is 0 Å². The minimum absolute atomic E-state index is 0.0439. The van der Waals surface area contributed by atoms with E-state index in [0.29, 0.717) is 18.7 Å². The van der Waals surface area contributed by atoms with Gasteiger partial charge in [-0.2, -0.15) is 0 Å². The Morgan fingerprint density at radius 2 is 2.11 bits per heavy atom. The van der Waals surface area contributed by atoms with Gasteiger partial charge in [0.1, 0.15) is 0 Å². The molecule has 0 aliphatic carbocycles. The second-order valence-corrected chi connectivity index (χ2v) is 3.87. The molecule has 1 amide bonds. The Bertz CT molecular complexity index is 490. The summed E-state index contributed by atoms with van der Waals surface area (Å²) in [5, 5.41) is 6.01. The van der Waals surface area contributed by atoms with Gasteiger partial charge in [0.05, 0.1) is 18.6 Å². The lowest BCUT2D eigenvalue weighted by Crippen LogP contribution is -2.22. The Kier molecular flexibility index (Phi) is 3.96. The minimum Gasteiger partial charge on any atom is -0.379 e. The fourth-order valence-corrected chi connectivity index (χ4v) is 1.58. The molecule has 5 nitrogen and oxygen atoms in total. The van der Waals surface area contributed by atoms with Crippen molar-refractivity contribution in [1.82, 2.24) is 15.3 Å². The number of H-pyrrole nitrogens is 1. The summed E-state index contributed by atoms with van der Waals surface area (Å²) < 4.78 is 0. The first-order chi connectivity index (χ1) is 8.79. The number of aromatic nitrogens is 2. The number of nitrogens with one attached hydrogen (secondary N) is 3. The highest BCUT2D eigenvalue weighted by Gasteiger charge is 2.03. The van der Waals surface area contributed by atoms with Crippen LogP contribution in [0.2, 0.25) is 0 Å². The Morgan fingerprint density at radius 3 is 2.72 bits per heavy atom. The number of hydrogen-bond acceptors (Lipinski definition) is 3. The van der Waals surface area contributed by atoms with Crippen molar-refractivity contribution < 1.29 is 4.79 Å². The van der Waals surface area contributed by atoms with Crippen LogP contribution < -0.4 is 10.6 Å². The van der Waals surface area contributed by atoms with Gasteiger partial charge in [-0.3, -0.25) is 4.79 Å². The summed E-state index contributed by atoms with van der Waals surface area (Å²) in [6.45, 7) is 3.22. The van der Waals surface area contributed by atoms with Gasteiger partial charge in [-0.25, -0.2) is 4.98 Å². The topological polar surface area (TPSA) is 69.8 Å². The lowest BCUT2D eigenvalue weighted by Gasteiger charge is -2.06. The van der Waals surface area contributed by atoms with Crippen LogP contribution in [0, 0.1) is 0 Å². The standard InChI is InChI=1S/C13H16N4O/c1-2-15-13(18)10-3-5-11(6-4-10)16-8-12-7-14-9-17-12/h3-7,9,16H,2,8H2,1H3,(H,14,17)(H,15,18). The van der Waals surface area contributed by atoms with Gasteiger partial charge in [0.25, 0.3) is 5.91 Å². The molecule has 1 aromatic heterocycles. The van der Waals surface area contributed by atoms with Gasteiger partial charge in [-0.15, -0.1) is 0 Å². The zero-order valence-corrected chi connectivity index (χ0v) is 10.2. The van der Waals surface area contributed by atoms with Crippen LogP contribution in [-0.4, -0.2) is 22.4 Å². The number of carbonyl (C=O) groups is 1.